The van der Waals surface area contributed by atoms with Crippen LogP contribution < -0.4 is 14.8 Å². The molecule has 1 aliphatic heterocycles. The molecule has 2 rings (SSSR count). The summed E-state index contributed by atoms with van der Waals surface area (Å²) in [5.41, 5.74) is 1.70. The van der Waals surface area contributed by atoms with Gasteiger partial charge in [-0.25, -0.2) is 5.14 Å². The molecule has 1 aliphatic rings. The Hall–Kier alpha value is -1.11. The number of nitrogens with zero attached hydrogens (tertiary/aromatic N) is 1. The van der Waals surface area contributed by atoms with Crippen LogP contribution in [0.3, 0.4) is 0 Å². The van der Waals surface area contributed by atoms with E-state index >= 15 is 0 Å². The molecule has 1 aromatic rings. The van der Waals surface area contributed by atoms with E-state index in [4.69, 9.17) is 5.14 Å². The summed E-state index contributed by atoms with van der Waals surface area (Å²) in [6, 6.07) is 7.74. The smallest absolute Gasteiger partial charge is 0.299 e. The summed E-state index contributed by atoms with van der Waals surface area (Å²) in [5, 5.41) is 8.68. The van der Waals surface area contributed by atoms with Crippen LogP contribution in [0.2, 0.25) is 0 Å². The van der Waals surface area contributed by atoms with Crippen molar-refractivity contribution >= 4 is 15.9 Å². The molecule has 100 valence electrons. The molecule has 0 bridgehead atoms. The highest BCUT2D eigenvalue weighted by molar-refractivity contribution is 7.90. The lowest BCUT2D eigenvalue weighted by atomic mass is 10.0. The zero-order chi connectivity index (χ0) is 13.2. The van der Waals surface area contributed by atoms with Crippen LogP contribution in [0, 0.1) is 0 Å². The Labute approximate surface area is 108 Å². The first kappa shape index (κ1) is 13.3. The van der Waals surface area contributed by atoms with Crippen LogP contribution in [-0.4, -0.2) is 21.5 Å². The first-order valence-electron chi connectivity index (χ1n) is 6.17. The molecule has 6 heteroatoms. The van der Waals surface area contributed by atoms with Crippen molar-refractivity contribution in [3.05, 3.63) is 29.8 Å². The van der Waals surface area contributed by atoms with E-state index < -0.39 is 10.2 Å². The molecule has 0 spiro atoms. The molecule has 1 atom stereocenters. The molecule has 0 aliphatic carbocycles. The number of anilines is 1. The molecule has 0 radical (unpaired) electrons. The van der Waals surface area contributed by atoms with Gasteiger partial charge in [-0.05, 0) is 31.0 Å². The standard InChI is InChI=1S/C12H19N3O2S/c1-2-14-11-7-5-9-15(18(13,16)17)12-8-4-3-6-10(11)12/h3-4,6,8,11,14H,2,5,7,9H2,1H3,(H2,13,16,17). The number of hydrogen-bond acceptors (Lipinski definition) is 3. The van der Waals surface area contributed by atoms with Crippen molar-refractivity contribution in [2.45, 2.75) is 25.8 Å². The quantitative estimate of drug-likeness (QED) is 0.864. The van der Waals surface area contributed by atoms with Crippen molar-refractivity contribution in [2.24, 2.45) is 5.14 Å². The molecule has 1 unspecified atom stereocenters. The van der Waals surface area contributed by atoms with Gasteiger partial charge in [-0.15, -0.1) is 0 Å². The first-order valence-corrected chi connectivity index (χ1v) is 7.67. The maximum absolute atomic E-state index is 11.6. The summed E-state index contributed by atoms with van der Waals surface area (Å²) in [5.74, 6) is 0. The molecule has 1 heterocycles. The van der Waals surface area contributed by atoms with E-state index in [1.54, 1.807) is 0 Å². The molecular weight excluding hydrogens is 250 g/mol. The maximum Gasteiger partial charge on any atom is 0.299 e. The molecular formula is C12H19N3O2S. The number of benzene rings is 1. The third-order valence-electron chi connectivity index (χ3n) is 3.19. The third kappa shape index (κ3) is 2.66. The number of para-hydroxylation sites is 1. The van der Waals surface area contributed by atoms with E-state index in [0.717, 1.165) is 24.9 Å². The van der Waals surface area contributed by atoms with Gasteiger partial charge >= 0.3 is 0 Å². The summed E-state index contributed by atoms with van der Waals surface area (Å²) in [7, 11) is -3.70. The largest absolute Gasteiger partial charge is 0.310 e. The molecule has 18 heavy (non-hydrogen) atoms. The summed E-state index contributed by atoms with van der Waals surface area (Å²) >= 11 is 0. The Morgan fingerprint density at radius 1 is 1.44 bits per heavy atom. The van der Waals surface area contributed by atoms with Crippen LogP contribution in [0.4, 0.5) is 5.69 Å². The van der Waals surface area contributed by atoms with Gasteiger partial charge in [0.15, 0.2) is 0 Å². The fraction of sp³-hybridized carbons (Fsp3) is 0.500. The predicted molar refractivity (Wildman–Crippen MR) is 72.5 cm³/mol. The molecule has 5 nitrogen and oxygen atoms in total. The SMILES string of the molecule is CCNC1CCCN(S(N)(=O)=O)c2ccccc21. The van der Waals surface area contributed by atoms with Crippen molar-refractivity contribution in [1.29, 1.82) is 0 Å². The average molecular weight is 269 g/mol. The normalized spacial score (nSPS) is 20.3. The minimum atomic E-state index is -3.70. The minimum absolute atomic E-state index is 0.193. The van der Waals surface area contributed by atoms with Gasteiger partial charge in [0.25, 0.3) is 10.2 Å². The number of nitrogens with two attached hydrogens (primary N) is 1. The zero-order valence-corrected chi connectivity index (χ0v) is 11.3. The molecule has 3 N–H and O–H groups in total. The van der Waals surface area contributed by atoms with Crippen LogP contribution >= 0.6 is 0 Å². The Morgan fingerprint density at radius 2 is 2.17 bits per heavy atom. The average Bonchev–Trinajstić information content (AvgIpc) is 2.49. The highest BCUT2D eigenvalue weighted by Crippen LogP contribution is 2.33. The van der Waals surface area contributed by atoms with Gasteiger partial charge in [0.05, 0.1) is 5.69 Å². The minimum Gasteiger partial charge on any atom is -0.310 e. The Balaban J connectivity index is 2.48. The van der Waals surface area contributed by atoms with Gasteiger partial charge in [0.1, 0.15) is 0 Å². The number of nitrogens with one attached hydrogen (secondary N) is 1. The molecule has 1 aromatic carbocycles. The van der Waals surface area contributed by atoms with Gasteiger partial charge in [0, 0.05) is 12.6 Å². The predicted octanol–water partition coefficient (Wildman–Crippen LogP) is 1.14. The summed E-state index contributed by atoms with van der Waals surface area (Å²) in [6.07, 6.45) is 1.71. The van der Waals surface area contributed by atoms with E-state index in [1.165, 1.54) is 4.31 Å². The lowest BCUT2D eigenvalue weighted by Gasteiger charge is -2.23. The second-order valence-corrected chi connectivity index (χ2v) is 5.90. The molecule has 0 amide bonds. The zero-order valence-electron chi connectivity index (χ0n) is 10.5. The first-order chi connectivity index (χ1) is 8.54. The molecule has 0 saturated heterocycles. The van der Waals surface area contributed by atoms with Crippen LogP contribution in [0.5, 0.6) is 0 Å². The van der Waals surface area contributed by atoms with Crippen molar-refractivity contribution in [3.63, 3.8) is 0 Å². The van der Waals surface area contributed by atoms with Crippen molar-refractivity contribution in [3.8, 4) is 0 Å². The highest BCUT2D eigenvalue weighted by Gasteiger charge is 2.27. The third-order valence-corrected chi connectivity index (χ3v) is 4.19. The van der Waals surface area contributed by atoms with E-state index in [2.05, 4.69) is 5.32 Å². The fourth-order valence-corrected chi connectivity index (χ4v) is 3.27. The number of fused-ring (bicyclic) bond motifs is 1. The van der Waals surface area contributed by atoms with Crippen molar-refractivity contribution in [1.82, 2.24) is 5.32 Å². The highest BCUT2D eigenvalue weighted by atomic mass is 32.2. The Bertz CT molecular complexity index is 516. The van der Waals surface area contributed by atoms with Crippen LogP contribution in [0.25, 0.3) is 0 Å². The number of rotatable bonds is 3. The van der Waals surface area contributed by atoms with E-state index in [1.807, 2.05) is 31.2 Å². The van der Waals surface area contributed by atoms with E-state index in [-0.39, 0.29) is 6.04 Å². The van der Waals surface area contributed by atoms with Gasteiger partial charge in [-0.3, -0.25) is 4.31 Å². The van der Waals surface area contributed by atoms with Crippen LogP contribution in [-0.2, 0) is 10.2 Å². The molecule has 0 aromatic heterocycles. The lowest BCUT2D eigenvalue weighted by molar-refractivity contribution is 0.512. The molecule has 0 fully saturated rings. The molecule has 0 saturated carbocycles. The summed E-state index contributed by atoms with van der Waals surface area (Å²) in [6.45, 7) is 3.34. The second kappa shape index (κ2) is 5.26. The van der Waals surface area contributed by atoms with Gasteiger partial charge in [-0.2, -0.15) is 8.42 Å². The Morgan fingerprint density at radius 3 is 2.83 bits per heavy atom. The van der Waals surface area contributed by atoms with Crippen molar-refractivity contribution in [2.75, 3.05) is 17.4 Å². The van der Waals surface area contributed by atoms with Crippen molar-refractivity contribution < 1.29 is 8.42 Å². The summed E-state index contributed by atoms with van der Waals surface area (Å²) in [4.78, 5) is 0. The lowest BCUT2D eigenvalue weighted by Crippen LogP contribution is -2.37. The maximum atomic E-state index is 11.6. The van der Waals surface area contributed by atoms with Crippen LogP contribution in [0.1, 0.15) is 31.4 Å². The van der Waals surface area contributed by atoms with Crippen LogP contribution in [0.15, 0.2) is 24.3 Å². The monoisotopic (exact) mass is 269 g/mol. The van der Waals surface area contributed by atoms with E-state index in [9.17, 15) is 8.42 Å². The number of hydrogen-bond donors (Lipinski definition) is 2. The van der Waals surface area contributed by atoms with Gasteiger partial charge in [-0.1, -0.05) is 25.1 Å². The topological polar surface area (TPSA) is 75.4 Å². The summed E-state index contributed by atoms with van der Waals surface area (Å²) < 4.78 is 24.6. The second-order valence-electron chi connectivity index (χ2n) is 4.43. The van der Waals surface area contributed by atoms with Gasteiger partial charge in [0.2, 0.25) is 0 Å². The van der Waals surface area contributed by atoms with Gasteiger partial charge < -0.3 is 5.32 Å². The Kier molecular flexibility index (Phi) is 3.89. The van der Waals surface area contributed by atoms with E-state index in [0.29, 0.717) is 12.2 Å². The fourth-order valence-electron chi connectivity index (χ4n) is 2.45.